The van der Waals surface area contributed by atoms with Crippen LogP contribution in [0.25, 0.3) is 0 Å². The maximum atomic E-state index is 11.5. The zero-order valence-corrected chi connectivity index (χ0v) is 10.3. The first-order valence-corrected chi connectivity index (χ1v) is 5.46. The van der Waals surface area contributed by atoms with Crippen molar-refractivity contribution in [3.63, 3.8) is 0 Å². The van der Waals surface area contributed by atoms with Gasteiger partial charge in [-0.25, -0.2) is 0 Å². The van der Waals surface area contributed by atoms with Crippen molar-refractivity contribution >= 4 is 23.2 Å². The summed E-state index contributed by atoms with van der Waals surface area (Å²) in [4.78, 5) is 32.6. The molecule has 1 rings (SSSR count). The Labute approximate surface area is 109 Å². The van der Waals surface area contributed by atoms with Crippen molar-refractivity contribution in [1.29, 1.82) is 0 Å². The van der Waals surface area contributed by atoms with E-state index in [1.807, 2.05) is 0 Å². The van der Waals surface area contributed by atoms with E-state index in [1.54, 1.807) is 6.07 Å². The van der Waals surface area contributed by atoms with Gasteiger partial charge in [-0.3, -0.25) is 19.7 Å². The molecule has 0 saturated heterocycles. The second kappa shape index (κ2) is 6.45. The fraction of sp³-hybridized carbons (Fsp3) is 0.273. The van der Waals surface area contributed by atoms with Gasteiger partial charge in [0, 0.05) is 6.07 Å². The summed E-state index contributed by atoms with van der Waals surface area (Å²) < 4.78 is 0. The molecule has 0 radical (unpaired) electrons. The number of rotatable bonds is 5. The van der Waals surface area contributed by atoms with Gasteiger partial charge in [-0.05, 0) is 13.0 Å². The number of anilines is 1. The molecule has 0 aliphatic heterocycles. The summed E-state index contributed by atoms with van der Waals surface area (Å²) in [5.41, 5.74) is 5.68. The molecule has 0 aromatic heterocycles. The molecule has 0 heterocycles. The Bertz CT molecular complexity index is 515. The molecular weight excluding hydrogens is 252 g/mol. The maximum Gasteiger partial charge on any atom is 0.274 e. The van der Waals surface area contributed by atoms with Gasteiger partial charge in [-0.1, -0.05) is 6.07 Å². The summed E-state index contributed by atoms with van der Waals surface area (Å²) in [5, 5.41) is 15.5. The summed E-state index contributed by atoms with van der Waals surface area (Å²) in [6.45, 7) is 1.09. The number of carbonyl (C=O) groups is 2. The van der Waals surface area contributed by atoms with Crippen molar-refractivity contribution in [3.05, 3.63) is 33.9 Å². The van der Waals surface area contributed by atoms with Crippen LogP contribution >= 0.6 is 0 Å². The summed E-state index contributed by atoms with van der Waals surface area (Å²) in [5.74, 6) is -0.934. The first-order valence-electron chi connectivity index (χ1n) is 5.46. The summed E-state index contributed by atoms with van der Waals surface area (Å²) in [6.07, 6.45) is 0. The number of nitrogens with two attached hydrogens (primary N) is 1. The van der Waals surface area contributed by atoms with Crippen molar-refractivity contribution in [2.24, 2.45) is 5.73 Å². The topological polar surface area (TPSA) is 127 Å². The number of nitrogens with zero attached hydrogens (tertiary/aromatic N) is 1. The molecule has 0 bridgehead atoms. The van der Waals surface area contributed by atoms with Crippen LogP contribution in [-0.2, 0) is 9.59 Å². The van der Waals surface area contributed by atoms with E-state index >= 15 is 0 Å². The molecule has 1 aromatic carbocycles. The fourth-order valence-electron chi connectivity index (χ4n) is 1.40. The number of nitrogens with one attached hydrogen (secondary N) is 2. The average Bonchev–Trinajstić information content (AvgIpc) is 2.38. The Morgan fingerprint density at radius 2 is 2.05 bits per heavy atom. The first kappa shape index (κ1) is 14.6. The minimum atomic E-state index is -0.527. The standard InChI is InChI=1S/C11H14N4O4/c1-7-8(3-2-4-9(7)15(18)19)14-11(17)6-13-10(16)5-12/h2-4H,5-6,12H2,1H3,(H,13,16)(H,14,17). The smallest absolute Gasteiger partial charge is 0.274 e. The number of benzene rings is 1. The van der Waals surface area contributed by atoms with Gasteiger partial charge >= 0.3 is 0 Å². The van der Waals surface area contributed by atoms with Crippen molar-refractivity contribution in [2.75, 3.05) is 18.4 Å². The lowest BCUT2D eigenvalue weighted by Gasteiger charge is -2.09. The molecular formula is C11H14N4O4. The van der Waals surface area contributed by atoms with E-state index in [9.17, 15) is 19.7 Å². The van der Waals surface area contributed by atoms with Crippen LogP contribution in [0.1, 0.15) is 5.56 Å². The lowest BCUT2D eigenvalue weighted by atomic mass is 10.1. The molecule has 0 fully saturated rings. The molecule has 8 heteroatoms. The monoisotopic (exact) mass is 266 g/mol. The molecule has 0 saturated carbocycles. The summed E-state index contributed by atoms with van der Waals surface area (Å²) in [7, 11) is 0. The van der Waals surface area contributed by atoms with Crippen LogP contribution in [0.2, 0.25) is 0 Å². The van der Waals surface area contributed by atoms with Gasteiger partial charge in [-0.15, -0.1) is 0 Å². The third kappa shape index (κ3) is 4.03. The number of hydrogen-bond acceptors (Lipinski definition) is 5. The Kier molecular flexibility index (Phi) is 4.95. The van der Waals surface area contributed by atoms with Crippen molar-refractivity contribution in [2.45, 2.75) is 6.92 Å². The van der Waals surface area contributed by atoms with Gasteiger partial charge in [0.05, 0.1) is 29.3 Å². The zero-order chi connectivity index (χ0) is 14.4. The van der Waals surface area contributed by atoms with Crippen LogP contribution in [0, 0.1) is 17.0 Å². The zero-order valence-electron chi connectivity index (χ0n) is 10.3. The fourth-order valence-corrected chi connectivity index (χ4v) is 1.40. The molecule has 2 amide bonds. The van der Waals surface area contributed by atoms with Gasteiger partial charge in [0.2, 0.25) is 11.8 Å². The molecule has 0 atom stereocenters. The van der Waals surface area contributed by atoms with Crippen LogP contribution in [-0.4, -0.2) is 29.8 Å². The largest absolute Gasteiger partial charge is 0.346 e. The summed E-state index contributed by atoms with van der Waals surface area (Å²) >= 11 is 0. The number of amides is 2. The van der Waals surface area contributed by atoms with E-state index in [4.69, 9.17) is 5.73 Å². The second-order valence-electron chi connectivity index (χ2n) is 3.74. The molecule has 0 spiro atoms. The maximum absolute atomic E-state index is 11.5. The van der Waals surface area contributed by atoms with Gasteiger partial charge in [0.1, 0.15) is 0 Å². The highest BCUT2D eigenvalue weighted by molar-refractivity contribution is 5.95. The van der Waals surface area contributed by atoms with Crippen molar-refractivity contribution in [3.8, 4) is 0 Å². The quantitative estimate of drug-likeness (QED) is 0.507. The molecule has 8 nitrogen and oxygen atoms in total. The van der Waals surface area contributed by atoms with E-state index < -0.39 is 16.7 Å². The molecule has 102 valence electrons. The third-order valence-corrected chi connectivity index (χ3v) is 2.41. The highest BCUT2D eigenvalue weighted by Gasteiger charge is 2.14. The molecule has 19 heavy (non-hydrogen) atoms. The van der Waals surface area contributed by atoms with Gasteiger partial charge in [0.15, 0.2) is 0 Å². The van der Waals surface area contributed by atoms with Crippen LogP contribution < -0.4 is 16.4 Å². The molecule has 0 aliphatic carbocycles. The predicted octanol–water partition coefficient (Wildman–Crippen LogP) is -0.0834. The number of hydrogen-bond donors (Lipinski definition) is 3. The lowest BCUT2D eigenvalue weighted by Crippen LogP contribution is -2.36. The minimum absolute atomic E-state index is 0.0798. The van der Waals surface area contributed by atoms with Crippen LogP contribution in [0.4, 0.5) is 11.4 Å². The Hall–Kier alpha value is -2.48. The van der Waals surface area contributed by atoms with Crippen LogP contribution in [0.15, 0.2) is 18.2 Å². The Morgan fingerprint density at radius 1 is 1.37 bits per heavy atom. The van der Waals surface area contributed by atoms with E-state index in [-0.39, 0.29) is 18.8 Å². The van der Waals surface area contributed by atoms with E-state index in [1.165, 1.54) is 19.1 Å². The van der Waals surface area contributed by atoms with E-state index in [0.29, 0.717) is 11.3 Å². The number of nitro groups is 1. The highest BCUT2D eigenvalue weighted by atomic mass is 16.6. The van der Waals surface area contributed by atoms with Gasteiger partial charge in [-0.2, -0.15) is 0 Å². The van der Waals surface area contributed by atoms with Gasteiger partial charge < -0.3 is 16.4 Å². The van der Waals surface area contributed by atoms with E-state index in [2.05, 4.69) is 10.6 Å². The minimum Gasteiger partial charge on any atom is -0.346 e. The summed E-state index contributed by atoms with van der Waals surface area (Å²) in [6, 6.07) is 4.37. The Morgan fingerprint density at radius 3 is 2.63 bits per heavy atom. The third-order valence-electron chi connectivity index (χ3n) is 2.41. The average molecular weight is 266 g/mol. The second-order valence-corrected chi connectivity index (χ2v) is 3.74. The van der Waals surface area contributed by atoms with E-state index in [0.717, 1.165) is 0 Å². The van der Waals surface area contributed by atoms with Crippen LogP contribution in [0.3, 0.4) is 0 Å². The predicted molar refractivity (Wildman–Crippen MR) is 68.5 cm³/mol. The molecule has 1 aromatic rings. The number of nitro benzene ring substituents is 1. The van der Waals surface area contributed by atoms with Crippen molar-refractivity contribution in [1.82, 2.24) is 5.32 Å². The Balaban J connectivity index is 2.72. The lowest BCUT2D eigenvalue weighted by molar-refractivity contribution is -0.385. The SMILES string of the molecule is Cc1c(NC(=O)CNC(=O)CN)cccc1[N+](=O)[O-]. The first-order chi connectivity index (χ1) is 8.95. The highest BCUT2D eigenvalue weighted by Crippen LogP contribution is 2.24. The molecule has 0 aliphatic rings. The van der Waals surface area contributed by atoms with Crippen molar-refractivity contribution < 1.29 is 14.5 Å². The van der Waals surface area contributed by atoms with Crippen LogP contribution in [0.5, 0.6) is 0 Å². The normalized spacial score (nSPS) is 9.79. The molecule has 4 N–H and O–H groups in total. The number of carbonyl (C=O) groups excluding carboxylic acids is 2. The molecule has 0 unspecified atom stereocenters. The van der Waals surface area contributed by atoms with Gasteiger partial charge in [0.25, 0.3) is 5.69 Å².